The van der Waals surface area contributed by atoms with Crippen molar-refractivity contribution < 1.29 is 4.79 Å². The molecule has 0 radical (unpaired) electrons. The van der Waals surface area contributed by atoms with Gasteiger partial charge in [0.25, 0.3) is 0 Å². The Morgan fingerprint density at radius 3 is 2.92 bits per heavy atom. The quantitative estimate of drug-likeness (QED) is 0.791. The number of nitrogens with zero attached hydrogens (tertiary/aromatic N) is 2. The zero-order valence-electron chi connectivity index (χ0n) is 14.1. The maximum Gasteiger partial charge on any atom is 0.227 e. The van der Waals surface area contributed by atoms with Crippen LogP contribution in [0.4, 0.5) is 0 Å². The van der Waals surface area contributed by atoms with Crippen LogP contribution >= 0.6 is 0 Å². The van der Waals surface area contributed by atoms with Crippen molar-refractivity contribution in [2.75, 3.05) is 0 Å². The SMILES string of the molecule is O=C(Cc1c[nH]c2ncccc12)N(C1CC1)[C@H]1CCc2ccccc21. The van der Waals surface area contributed by atoms with E-state index in [-0.39, 0.29) is 11.9 Å². The second-order valence-electron chi connectivity index (χ2n) is 7.18. The number of H-pyrrole nitrogens is 1. The highest BCUT2D eigenvalue weighted by Crippen LogP contribution is 2.42. The fourth-order valence-electron chi connectivity index (χ4n) is 4.22. The molecule has 0 saturated heterocycles. The Hall–Kier alpha value is -2.62. The van der Waals surface area contributed by atoms with E-state index in [9.17, 15) is 4.79 Å². The van der Waals surface area contributed by atoms with E-state index in [0.29, 0.717) is 12.5 Å². The van der Waals surface area contributed by atoms with E-state index >= 15 is 0 Å². The summed E-state index contributed by atoms with van der Waals surface area (Å²) >= 11 is 0. The third kappa shape index (κ3) is 2.53. The number of aromatic nitrogens is 2. The van der Waals surface area contributed by atoms with Crippen LogP contribution in [0.15, 0.2) is 48.8 Å². The summed E-state index contributed by atoms with van der Waals surface area (Å²) in [7, 11) is 0. The predicted octanol–water partition coefficient (Wildman–Crippen LogP) is 3.78. The van der Waals surface area contributed by atoms with Gasteiger partial charge in [-0.1, -0.05) is 24.3 Å². The minimum Gasteiger partial charge on any atom is -0.346 e. The topological polar surface area (TPSA) is 49.0 Å². The number of hydrogen-bond donors (Lipinski definition) is 1. The lowest BCUT2D eigenvalue weighted by Gasteiger charge is -2.30. The molecule has 3 aromatic rings. The van der Waals surface area contributed by atoms with Crippen LogP contribution in [0.25, 0.3) is 11.0 Å². The van der Waals surface area contributed by atoms with Gasteiger partial charge in [-0.15, -0.1) is 0 Å². The average molecular weight is 331 g/mol. The number of rotatable bonds is 4. The number of hydrogen-bond acceptors (Lipinski definition) is 2. The number of aromatic amines is 1. The monoisotopic (exact) mass is 331 g/mol. The molecule has 0 bridgehead atoms. The van der Waals surface area contributed by atoms with Gasteiger partial charge in [0.05, 0.1) is 12.5 Å². The van der Waals surface area contributed by atoms with Crippen LogP contribution in [0.3, 0.4) is 0 Å². The molecule has 5 rings (SSSR count). The average Bonchev–Trinajstić information content (AvgIpc) is 3.26. The fraction of sp³-hybridized carbons (Fsp3) is 0.333. The maximum atomic E-state index is 13.2. The van der Waals surface area contributed by atoms with Crippen LogP contribution in [0.5, 0.6) is 0 Å². The molecule has 1 aromatic carbocycles. The van der Waals surface area contributed by atoms with E-state index in [1.54, 1.807) is 6.20 Å². The Kier molecular flexibility index (Phi) is 3.37. The van der Waals surface area contributed by atoms with Gasteiger partial charge in [-0.3, -0.25) is 4.79 Å². The van der Waals surface area contributed by atoms with Gasteiger partial charge in [0.2, 0.25) is 5.91 Å². The smallest absolute Gasteiger partial charge is 0.227 e. The van der Waals surface area contributed by atoms with Gasteiger partial charge >= 0.3 is 0 Å². The molecule has 4 nitrogen and oxygen atoms in total. The van der Waals surface area contributed by atoms with Gasteiger partial charge in [0.1, 0.15) is 5.65 Å². The van der Waals surface area contributed by atoms with Crippen molar-refractivity contribution in [3.05, 3.63) is 65.5 Å². The molecule has 0 spiro atoms. The summed E-state index contributed by atoms with van der Waals surface area (Å²) in [5, 5.41) is 1.05. The normalized spacial score (nSPS) is 19.1. The van der Waals surface area contributed by atoms with Crippen LogP contribution < -0.4 is 0 Å². The van der Waals surface area contributed by atoms with Gasteiger partial charge in [0.15, 0.2) is 0 Å². The number of carbonyl (C=O) groups excluding carboxylic acids is 1. The Morgan fingerprint density at radius 1 is 1.16 bits per heavy atom. The molecule has 1 amide bonds. The summed E-state index contributed by atoms with van der Waals surface area (Å²) in [4.78, 5) is 22.9. The Morgan fingerprint density at radius 2 is 2.04 bits per heavy atom. The molecule has 1 saturated carbocycles. The van der Waals surface area contributed by atoms with Gasteiger partial charge in [-0.2, -0.15) is 0 Å². The first kappa shape index (κ1) is 14.7. The number of benzene rings is 1. The first-order valence-corrected chi connectivity index (χ1v) is 9.11. The molecule has 126 valence electrons. The molecule has 0 aliphatic heterocycles. The molecule has 1 fully saturated rings. The number of aryl methyl sites for hydroxylation is 1. The van der Waals surface area contributed by atoms with Crippen molar-refractivity contribution in [2.45, 2.75) is 44.2 Å². The number of carbonyl (C=O) groups is 1. The van der Waals surface area contributed by atoms with Crippen molar-refractivity contribution in [3.63, 3.8) is 0 Å². The Balaban J connectivity index is 1.44. The summed E-state index contributed by atoms with van der Waals surface area (Å²) < 4.78 is 0. The van der Waals surface area contributed by atoms with E-state index in [2.05, 4.69) is 39.1 Å². The lowest BCUT2D eigenvalue weighted by atomic mass is 10.0. The summed E-state index contributed by atoms with van der Waals surface area (Å²) in [5.74, 6) is 0.244. The highest BCUT2D eigenvalue weighted by Gasteiger charge is 2.40. The Bertz CT molecular complexity index is 941. The number of nitrogens with one attached hydrogen (secondary N) is 1. The van der Waals surface area contributed by atoms with Crippen molar-refractivity contribution in [1.82, 2.24) is 14.9 Å². The van der Waals surface area contributed by atoms with E-state index in [4.69, 9.17) is 0 Å². The van der Waals surface area contributed by atoms with Crippen molar-refractivity contribution >= 4 is 16.9 Å². The maximum absolute atomic E-state index is 13.2. The molecule has 0 unspecified atom stereocenters. The van der Waals surface area contributed by atoms with E-state index in [1.807, 2.05) is 18.3 Å². The summed E-state index contributed by atoms with van der Waals surface area (Å²) in [6.45, 7) is 0. The predicted molar refractivity (Wildman–Crippen MR) is 97.2 cm³/mol. The zero-order chi connectivity index (χ0) is 16.8. The van der Waals surface area contributed by atoms with E-state index in [1.165, 1.54) is 11.1 Å². The van der Waals surface area contributed by atoms with Crippen LogP contribution in [-0.2, 0) is 17.6 Å². The van der Waals surface area contributed by atoms with E-state index < -0.39 is 0 Å². The lowest BCUT2D eigenvalue weighted by Crippen LogP contribution is -2.37. The molecular weight excluding hydrogens is 310 g/mol. The molecule has 25 heavy (non-hydrogen) atoms. The Labute approximate surface area is 146 Å². The first-order valence-electron chi connectivity index (χ1n) is 9.11. The number of fused-ring (bicyclic) bond motifs is 2. The minimum absolute atomic E-state index is 0.244. The standard InChI is InChI=1S/C21H21N3O/c25-20(12-15-13-23-21-18(15)6-3-11-22-21)24(16-8-9-16)19-10-7-14-4-1-2-5-17(14)19/h1-6,11,13,16,19H,7-10,12H2,(H,22,23)/t19-/m0/s1. The van der Waals surface area contributed by atoms with E-state index in [0.717, 1.165) is 42.3 Å². The van der Waals surface area contributed by atoms with Gasteiger partial charge in [-0.05, 0) is 54.5 Å². The molecule has 4 heteroatoms. The van der Waals surface area contributed by atoms with Crippen LogP contribution in [-0.4, -0.2) is 26.8 Å². The fourth-order valence-corrected chi connectivity index (χ4v) is 4.22. The number of amides is 1. The molecular formula is C21H21N3O. The highest BCUT2D eigenvalue weighted by molar-refractivity contribution is 5.87. The van der Waals surface area contributed by atoms with Gasteiger partial charge in [0, 0.05) is 23.8 Å². The molecule has 2 aliphatic rings. The second kappa shape index (κ2) is 5.73. The third-order valence-corrected chi connectivity index (χ3v) is 5.54. The number of pyridine rings is 1. The lowest BCUT2D eigenvalue weighted by molar-refractivity contribution is -0.133. The largest absolute Gasteiger partial charge is 0.346 e. The summed E-state index contributed by atoms with van der Waals surface area (Å²) in [6.07, 6.45) is 8.56. The molecule has 2 heterocycles. The minimum atomic E-state index is 0.244. The van der Waals surface area contributed by atoms with Gasteiger partial charge < -0.3 is 9.88 Å². The zero-order valence-corrected chi connectivity index (χ0v) is 14.1. The molecule has 1 atom stereocenters. The van der Waals surface area contributed by atoms with Crippen molar-refractivity contribution in [2.24, 2.45) is 0 Å². The highest BCUT2D eigenvalue weighted by atomic mass is 16.2. The van der Waals surface area contributed by atoms with Crippen LogP contribution in [0.1, 0.15) is 42.0 Å². The first-order chi connectivity index (χ1) is 12.3. The summed E-state index contributed by atoms with van der Waals surface area (Å²) in [6, 6.07) is 13.2. The van der Waals surface area contributed by atoms with Gasteiger partial charge in [-0.25, -0.2) is 4.98 Å². The molecule has 2 aliphatic carbocycles. The molecule has 2 aromatic heterocycles. The van der Waals surface area contributed by atoms with Crippen molar-refractivity contribution in [3.8, 4) is 0 Å². The van der Waals surface area contributed by atoms with Crippen molar-refractivity contribution in [1.29, 1.82) is 0 Å². The summed E-state index contributed by atoms with van der Waals surface area (Å²) in [5.41, 5.74) is 4.66. The second-order valence-corrected chi connectivity index (χ2v) is 7.18. The van der Waals surface area contributed by atoms with Crippen LogP contribution in [0, 0.1) is 0 Å². The third-order valence-electron chi connectivity index (χ3n) is 5.54. The molecule has 1 N–H and O–H groups in total. The van der Waals surface area contributed by atoms with Crippen LogP contribution in [0.2, 0.25) is 0 Å².